The molecule has 21 heavy (non-hydrogen) atoms. The van der Waals surface area contributed by atoms with Crippen LogP contribution in [0.25, 0.3) is 0 Å². The van der Waals surface area contributed by atoms with Crippen molar-refractivity contribution in [2.45, 2.75) is 51.2 Å². The van der Waals surface area contributed by atoms with E-state index in [2.05, 4.69) is 47.8 Å². The Morgan fingerprint density at radius 1 is 1.29 bits per heavy atom. The van der Waals surface area contributed by atoms with Crippen molar-refractivity contribution < 1.29 is 0 Å². The van der Waals surface area contributed by atoms with Crippen LogP contribution in [0, 0.1) is 0 Å². The molecule has 0 aliphatic carbocycles. The monoisotopic (exact) mass is 290 g/mol. The van der Waals surface area contributed by atoms with E-state index in [9.17, 15) is 0 Å². The lowest BCUT2D eigenvalue weighted by atomic mass is 9.95. The molecule has 0 radical (unpaired) electrons. The Balaban J connectivity index is 2.30. The van der Waals surface area contributed by atoms with Crippen molar-refractivity contribution >= 4 is 0 Å². The van der Waals surface area contributed by atoms with Gasteiger partial charge in [-0.2, -0.15) is 0 Å². The van der Waals surface area contributed by atoms with Gasteiger partial charge in [0.1, 0.15) is 0 Å². The molecule has 2 rings (SSSR count). The summed E-state index contributed by atoms with van der Waals surface area (Å²) in [6.45, 7) is 7.91. The van der Waals surface area contributed by atoms with Gasteiger partial charge in [-0.05, 0) is 50.6 Å². The third kappa shape index (κ3) is 4.02. The molecule has 0 bridgehead atoms. The highest BCUT2D eigenvalue weighted by Gasteiger charge is 2.32. The number of nitrogens with zero attached hydrogens (tertiary/aromatic N) is 3. The van der Waals surface area contributed by atoms with Gasteiger partial charge in [0.15, 0.2) is 0 Å². The van der Waals surface area contributed by atoms with Crippen LogP contribution in [-0.2, 0) is 0 Å². The molecule has 0 spiro atoms. The quantitative estimate of drug-likeness (QED) is 0.903. The molecule has 3 atom stereocenters. The Morgan fingerprint density at radius 3 is 2.62 bits per heavy atom. The van der Waals surface area contributed by atoms with Crippen LogP contribution in [0.3, 0.4) is 0 Å². The number of pyridine rings is 1. The maximum absolute atomic E-state index is 6.51. The van der Waals surface area contributed by atoms with Crippen LogP contribution in [0.5, 0.6) is 0 Å². The number of likely N-dealkylation sites (N-methyl/N-ethyl adjacent to an activating group) is 1. The minimum atomic E-state index is 0.171. The second-order valence-electron chi connectivity index (χ2n) is 6.21. The zero-order chi connectivity index (χ0) is 15.2. The van der Waals surface area contributed by atoms with Gasteiger partial charge in [-0.3, -0.25) is 9.88 Å². The smallest absolute Gasteiger partial charge is 0.0503 e. The third-order valence-corrected chi connectivity index (χ3v) is 4.70. The number of rotatable bonds is 5. The molecule has 1 aromatic rings. The number of aromatic nitrogens is 1. The van der Waals surface area contributed by atoms with E-state index in [1.165, 1.54) is 24.9 Å². The Morgan fingerprint density at radius 2 is 2.00 bits per heavy atom. The van der Waals surface area contributed by atoms with Crippen molar-refractivity contribution in [3.05, 3.63) is 30.1 Å². The highest BCUT2D eigenvalue weighted by Crippen LogP contribution is 2.29. The molecule has 0 aromatic carbocycles. The molecule has 3 unspecified atom stereocenters. The second kappa shape index (κ2) is 7.87. The van der Waals surface area contributed by atoms with Crippen molar-refractivity contribution in [2.24, 2.45) is 5.73 Å². The van der Waals surface area contributed by atoms with Crippen LogP contribution in [-0.4, -0.2) is 53.5 Å². The van der Waals surface area contributed by atoms with Crippen LogP contribution in [0.2, 0.25) is 0 Å². The first kappa shape index (κ1) is 16.4. The first-order chi connectivity index (χ1) is 10.2. The lowest BCUT2D eigenvalue weighted by Crippen LogP contribution is -2.48. The maximum Gasteiger partial charge on any atom is 0.0503 e. The van der Waals surface area contributed by atoms with E-state index in [0.717, 1.165) is 19.5 Å². The van der Waals surface area contributed by atoms with Gasteiger partial charge in [0.25, 0.3) is 0 Å². The fraction of sp³-hybridized carbons (Fsp3) is 0.706. The fourth-order valence-electron chi connectivity index (χ4n) is 3.46. The Kier molecular flexibility index (Phi) is 6.15. The average molecular weight is 290 g/mol. The summed E-state index contributed by atoms with van der Waals surface area (Å²) in [4.78, 5) is 9.26. The summed E-state index contributed by atoms with van der Waals surface area (Å²) < 4.78 is 0. The van der Waals surface area contributed by atoms with Gasteiger partial charge in [-0.1, -0.05) is 13.8 Å². The van der Waals surface area contributed by atoms with Crippen molar-refractivity contribution in [3.63, 3.8) is 0 Å². The average Bonchev–Trinajstić information content (AvgIpc) is 2.70. The standard InChI is InChI=1S/C17H30N4/c1-4-15-13-20(3)11-6-12-21(15)17(16(18)5-2)14-7-9-19-10-8-14/h7-10,15-17H,4-6,11-13,18H2,1-3H3. The van der Waals surface area contributed by atoms with Gasteiger partial charge in [0, 0.05) is 37.6 Å². The molecule has 4 nitrogen and oxygen atoms in total. The van der Waals surface area contributed by atoms with E-state index < -0.39 is 0 Å². The molecule has 2 N–H and O–H groups in total. The summed E-state index contributed by atoms with van der Waals surface area (Å²) in [7, 11) is 2.23. The van der Waals surface area contributed by atoms with Crippen LogP contribution < -0.4 is 5.73 Å². The molecule has 1 aliphatic rings. The Bertz CT molecular complexity index is 409. The first-order valence-electron chi connectivity index (χ1n) is 8.27. The summed E-state index contributed by atoms with van der Waals surface area (Å²) >= 11 is 0. The zero-order valence-corrected chi connectivity index (χ0v) is 13.7. The largest absolute Gasteiger partial charge is 0.326 e. The topological polar surface area (TPSA) is 45.4 Å². The molecule has 0 amide bonds. The molecule has 4 heteroatoms. The molecule has 1 aliphatic heterocycles. The zero-order valence-electron chi connectivity index (χ0n) is 13.7. The predicted octanol–water partition coefficient (Wildman–Crippen LogP) is 2.28. The van der Waals surface area contributed by atoms with E-state index in [1.807, 2.05) is 12.4 Å². The van der Waals surface area contributed by atoms with Crippen molar-refractivity contribution in [1.29, 1.82) is 0 Å². The number of hydrogen-bond acceptors (Lipinski definition) is 4. The Hall–Kier alpha value is -0.970. The highest BCUT2D eigenvalue weighted by atomic mass is 15.3. The predicted molar refractivity (Wildman–Crippen MR) is 88.1 cm³/mol. The summed E-state index contributed by atoms with van der Waals surface area (Å²) in [5.41, 5.74) is 7.81. The van der Waals surface area contributed by atoms with Crippen LogP contribution >= 0.6 is 0 Å². The van der Waals surface area contributed by atoms with E-state index in [0.29, 0.717) is 12.1 Å². The van der Waals surface area contributed by atoms with Crippen LogP contribution in [0.1, 0.15) is 44.7 Å². The van der Waals surface area contributed by atoms with Crippen LogP contribution in [0.4, 0.5) is 0 Å². The number of nitrogens with two attached hydrogens (primary N) is 1. The van der Waals surface area contributed by atoms with Gasteiger partial charge >= 0.3 is 0 Å². The Labute approximate surface area is 129 Å². The molecule has 2 heterocycles. The van der Waals surface area contributed by atoms with Gasteiger partial charge in [-0.25, -0.2) is 0 Å². The molecule has 0 saturated carbocycles. The molecular formula is C17H30N4. The van der Waals surface area contributed by atoms with Gasteiger partial charge < -0.3 is 10.6 Å². The van der Waals surface area contributed by atoms with E-state index in [-0.39, 0.29) is 6.04 Å². The summed E-state index contributed by atoms with van der Waals surface area (Å²) in [5, 5.41) is 0. The minimum Gasteiger partial charge on any atom is -0.326 e. The summed E-state index contributed by atoms with van der Waals surface area (Å²) in [5.74, 6) is 0. The van der Waals surface area contributed by atoms with Crippen molar-refractivity contribution in [3.8, 4) is 0 Å². The molecule has 1 aromatic heterocycles. The van der Waals surface area contributed by atoms with Gasteiger partial charge in [-0.15, -0.1) is 0 Å². The van der Waals surface area contributed by atoms with E-state index >= 15 is 0 Å². The lowest BCUT2D eigenvalue weighted by molar-refractivity contribution is 0.108. The third-order valence-electron chi connectivity index (χ3n) is 4.70. The van der Waals surface area contributed by atoms with Crippen molar-refractivity contribution in [1.82, 2.24) is 14.8 Å². The fourth-order valence-corrected chi connectivity index (χ4v) is 3.46. The molecular weight excluding hydrogens is 260 g/mol. The normalized spacial score (nSPS) is 24.5. The van der Waals surface area contributed by atoms with Crippen LogP contribution in [0.15, 0.2) is 24.5 Å². The molecule has 1 fully saturated rings. The van der Waals surface area contributed by atoms with Crippen molar-refractivity contribution in [2.75, 3.05) is 26.7 Å². The summed E-state index contributed by atoms with van der Waals surface area (Å²) in [6, 6.07) is 5.30. The lowest BCUT2D eigenvalue weighted by Gasteiger charge is -2.40. The minimum absolute atomic E-state index is 0.171. The molecule has 118 valence electrons. The first-order valence-corrected chi connectivity index (χ1v) is 8.27. The second-order valence-corrected chi connectivity index (χ2v) is 6.21. The summed E-state index contributed by atoms with van der Waals surface area (Å²) in [6.07, 6.45) is 7.15. The van der Waals surface area contributed by atoms with E-state index in [4.69, 9.17) is 5.73 Å². The number of hydrogen-bond donors (Lipinski definition) is 1. The molecule has 1 saturated heterocycles. The SMILES string of the molecule is CCC(N)C(c1ccncc1)N1CCCN(C)CC1CC. The maximum atomic E-state index is 6.51. The highest BCUT2D eigenvalue weighted by molar-refractivity contribution is 5.18. The van der Waals surface area contributed by atoms with Gasteiger partial charge in [0.05, 0.1) is 6.04 Å². The van der Waals surface area contributed by atoms with Gasteiger partial charge in [0.2, 0.25) is 0 Å². The van der Waals surface area contributed by atoms with E-state index in [1.54, 1.807) is 0 Å².